The Morgan fingerprint density at radius 2 is 1.85 bits per heavy atom. The highest BCUT2D eigenvalue weighted by Gasteiger charge is 2.47. The number of aliphatic hydroxyl groups excluding tert-OH is 3. The molecule has 0 amide bonds. The number of rotatable bonds is 3. The van der Waals surface area contributed by atoms with Crippen molar-refractivity contribution in [2.45, 2.75) is 37.6 Å². The van der Waals surface area contributed by atoms with Crippen LogP contribution in [0.1, 0.15) is 23.6 Å². The van der Waals surface area contributed by atoms with Crippen molar-refractivity contribution in [1.29, 1.82) is 0 Å². The third-order valence-electron chi connectivity index (χ3n) is 4.85. The Morgan fingerprint density at radius 3 is 2.56 bits per heavy atom. The summed E-state index contributed by atoms with van der Waals surface area (Å²) < 4.78 is 20.4. The van der Waals surface area contributed by atoms with Crippen LogP contribution in [0.3, 0.4) is 0 Å². The average Bonchev–Trinajstić information content (AvgIpc) is 3.17. The summed E-state index contributed by atoms with van der Waals surface area (Å²) >= 11 is 0. The topological polar surface area (TPSA) is 127 Å². The third kappa shape index (κ3) is 2.94. The Bertz CT molecular complexity index is 977. The molecule has 1 fully saturated rings. The van der Waals surface area contributed by atoms with Crippen molar-refractivity contribution in [2.24, 2.45) is 0 Å². The summed E-state index contributed by atoms with van der Waals surface area (Å²) in [4.78, 5) is 8.29. The van der Waals surface area contributed by atoms with Crippen molar-refractivity contribution < 1.29 is 24.4 Å². The smallest absolute Gasteiger partial charge is 0.222 e. The van der Waals surface area contributed by atoms with Gasteiger partial charge in [-0.3, -0.25) is 0 Å². The monoisotopic (exact) mass is 374 g/mol. The second kappa shape index (κ2) is 6.54. The van der Waals surface area contributed by atoms with Gasteiger partial charge in [0, 0.05) is 11.6 Å². The molecule has 1 aliphatic rings. The predicted octanol–water partition coefficient (Wildman–Crippen LogP) is 0.814. The number of aromatic nitrogens is 3. The van der Waals surface area contributed by atoms with Gasteiger partial charge in [-0.1, -0.05) is 12.1 Å². The van der Waals surface area contributed by atoms with Gasteiger partial charge in [0.2, 0.25) is 5.95 Å². The quantitative estimate of drug-likeness (QED) is 0.534. The zero-order valence-electron chi connectivity index (χ0n) is 14.4. The molecule has 0 radical (unpaired) electrons. The van der Waals surface area contributed by atoms with Crippen LogP contribution in [0.4, 0.5) is 10.3 Å². The number of hydrogen-bond acceptors (Lipinski definition) is 7. The molecule has 5 N–H and O–H groups in total. The summed E-state index contributed by atoms with van der Waals surface area (Å²) in [5.74, 6) is -0.362. The molecular formula is C18H19FN4O4. The highest BCUT2D eigenvalue weighted by molar-refractivity contribution is 5.79. The van der Waals surface area contributed by atoms with E-state index < -0.39 is 36.5 Å². The predicted molar refractivity (Wildman–Crippen MR) is 94.0 cm³/mol. The van der Waals surface area contributed by atoms with Crippen LogP contribution in [0, 0.1) is 12.7 Å². The maximum absolute atomic E-state index is 13.1. The molecule has 3 aromatic rings. The Hall–Kier alpha value is -2.59. The molecule has 1 aromatic carbocycles. The molecule has 3 heterocycles. The minimum absolute atomic E-state index is 0.0795. The van der Waals surface area contributed by atoms with Gasteiger partial charge in [0.15, 0.2) is 6.23 Å². The molecule has 0 saturated carbocycles. The molecule has 2 aromatic heterocycles. The van der Waals surface area contributed by atoms with Gasteiger partial charge < -0.3 is 30.4 Å². The summed E-state index contributed by atoms with van der Waals surface area (Å²) in [5.41, 5.74) is 7.21. The molecule has 1 saturated heterocycles. The van der Waals surface area contributed by atoms with E-state index in [0.29, 0.717) is 16.9 Å². The van der Waals surface area contributed by atoms with Gasteiger partial charge in [-0.25, -0.2) is 9.37 Å². The van der Waals surface area contributed by atoms with E-state index in [4.69, 9.17) is 10.5 Å². The molecule has 4 rings (SSSR count). The minimum atomic E-state index is -1.35. The number of halogens is 1. The summed E-state index contributed by atoms with van der Waals surface area (Å²) in [7, 11) is 0. The fraction of sp³-hybridized carbons (Fsp3) is 0.333. The summed E-state index contributed by atoms with van der Waals surface area (Å²) in [5, 5.41) is 32.2. The highest BCUT2D eigenvalue weighted by Crippen LogP contribution is 2.37. The molecule has 0 bridgehead atoms. The summed E-state index contributed by atoms with van der Waals surface area (Å²) in [6, 6.07) is 6.97. The zero-order valence-corrected chi connectivity index (χ0v) is 14.4. The normalized spacial score (nSPS) is 26.6. The van der Waals surface area contributed by atoms with Crippen molar-refractivity contribution in [1.82, 2.24) is 14.5 Å². The van der Waals surface area contributed by atoms with Crippen LogP contribution < -0.4 is 5.73 Å². The van der Waals surface area contributed by atoms with E-state index in [2.05, 4.69) is 9.97 Å². The molecule has 1 aliphatic heterocycles. The van der Waals surface area contributed by atoms with E-state index in [9.17, 15) is 19.7 Å². The number of hydrogen-bond donors (Lipinski definition) is 4. The lowest BCUT2D eigenvalue weighted by atomic mass is 9.99. The van der Waals surface area contributed by atoms with Crippen LogP contribution in [-0.2, 0) is 4.74 Å². The van der Waals surface area contributed by atoms with Crippen molar-refractivity contribution >= 4 is 17.0 Å². The number of fused-ring (bicyclic) bond motifs is 1. The number of nitrogens with two attached hydrogens (primary N) is 1. The molecule has 0 aliphatic carbocycles. The van der Waals surface area contributed by atoms with E-state index in [1.807, 2.05) is 0 Å². The van der Waals surface area contributed by atoms with Crippen molar-refractivity contribution in [3.63, 3.8) is 0 Å². The first-order chi connectivity index (χ1) is 12.9. The van der Waals surface area contributed by atoms with Gasteiger partial charge in [0.05, 0.1) is 5.69 Å². The lowest BCUT2D eigenvalue weighted by Gasteiger charge is -2.21. The Labute approximate surface area is 153 Å². The number of benzene rings is 1. The van der Waals surface area contributed by atoms with Gasteiger partial charge in [0.1, 0.15) is 35.9 Å². The van der Waals surface area contributed by atoms with E-state index in [1.54, 1.807) is 23.8 Å². The third-order valence-corrected chi connectivity index (χ3v) is 4.85. The van der Waals surface area contributed by atoms with Crippen molar-refractivity contribution in [2.75, 3.05) is 5.73 Å². The van der Waals surface area contributed by atoms with Gasteiger partial charge in [0.25, 0.3) is 0 Å². The van der Waals surface area contributed by atoms with Gasteiger partial charge in [-0.05, 0) is 30.7 Å². The molecule has 2 unspecified atom stereocenters. The number of nitrogens with zero attached hydrogens (tertiary/aromatic N) is 3. The van der Waals surface area contributed by atoms with Crippen LogP contribution in [-0.4, -0.2) is 48.2 Å². The Balaban J connectivity index is 1.67. The van der Waals surface area contributed by atoms with Crippen molar-refractivity contribution in [3.05, 3.63) is 53.6 Å². The number of aryl methyl sites for hydroxylation is 1. The van der Waals surface area contributed by atoms with E-state index >= 15 is 0 Å². The summed E-state index contributed by atoms with van der Waals surface area (Å²) in [6.07, 6.45) is -4.34. The maximum atomic E-state index is 13.1. The van der Waals surface area contributed by atoms with Crippen molar-refractivity contribution in [3.8, 4) is 0 Å². The lowest BCUT2D eigenvalue weighted by Crippen LogP contribution is -2.34. The summed E-state index contributed by atoms with van der Waals surface area (Å²) in [6.45, 7) is 1.78. The first kappa shape index (κ1) is 17.8. The van der Waals surface area contributed by atoms with Crippen LogP contribution in [0.15, 0.2) is 36.5 Å². The number of ether oxygens (including phenoxy) is 1. The Morgan fingerprint density at radius 1 is 1.15 bits per heavy atom. The van der Waals surface area contributed by atoms with E-state index in [0.717, 1.165) is 5.39 Å². The van der Waals surface area contributed by atoms with Crippen LogP contribution >= 0.6 is 0 Å². The minimum Gasteiger partial charge on any atom is -0.387 e. The highest BCUT2D eigenvalue weighted by atomic mass is 19.1. The molecular weight excluding hydrogens is 355 g/mol. The largest absolute Gasteiger partial charge is 0.387 e. The number of nitrogen functional groups attached to an aromatic ring is 1. The standard InChI is InChI=1S/C18H19FN4O4/c1-8-11-6-7-23(16(11)22-18(20)21-8)17-14(26)13(25)15(27-17)12(24)9-2-4-10(19)5-3-9/h2-7,12-15,17,24-26H,1H3,(H2,20,21,22)/t12?,13-,14?,15+,17+/m0/s1. The van der Waals surface area contributed by atoms with Crippen LogP contribution in [0.25, 0.3) is 11.0 Å². The molecule has 8 nitrogen and oxygen atoms in total. The van der Waals surface area contributed by atoms with Gasteiger partial charge >= 0.3 is 0 Å². The molecule has 27 heavy (non-hydrogen) atoms. The fourth-order valence-corrected chi connectivity index (χ4v) is 3.44. The first-order valence-corrected chi connectivity index (χ1v) is 8.42. The lowest BCUT2D eigenvalue weighted by molar-refractivity contribution is -0.0848. The average molecular weight is 374 g/mol. The van der Waals surface area contributed by atoms with Gasteiger partial charge in [-0.2, -0.15) is 4.98 Å². The number of aliphatic hydroxyl groups is 3. The SMILES string of the molecule is Cc1nc(N)nc2c1ccn2[C@@H]1O[C@H](C(O)c2ccc(F)cc2)[C@@H](O)C1O. The van der Waals surface area contributed by atoms with Crippen LogP contribution in [0.5, 0.6) is 0 Å². The van der Waals surface area contributed by atoms with E-state index in [-0.39, 0.29) is 5.95 Å². The van der Waals surface area contributed by atoms with Crippen LogP contribution in [0.2, 0.25) is 0 Å². The molecule has 0 spiro atoms. The second-order valence-electron chi connectivity index (χ2n) is 6.60. The van der Waals surface area contributed by atoms with Gasteiger partial charge in [-0.15, -0.1) is 0 Å². The second-order valence-corrected chi connectivity index (χ2v) is 6.60. The first-order valence-electron chi connectivity index (χ1n) is 8.42. The Kier molecular flexibility index (Phi) is 4.31. The maximum Gasteiger partial charge on any atom is 0.222 e. The molecule has 9 heteroatoms. The fourth-order valence-electron chi connectivity index (χ4n) is 3.44. The zero-order chi connectivity index (χ0) is 19.3. The molecule has 5 atom stereocenters. The van der Waals surface area contributed by atoms with E-state index in [1.165, 1.54) is 24.3 Å². The number of anilines is 1. The molecule has 142 valence electrons.